The third kappa shape index (κ3) is 7.48. The monoisotopic (exact) mass is 474 g/mol. The van der Waals surface area contributed by atoms with Crippen LogP contribution in [-0.2, 0) is 12.8 Å². The van der Waals surface area contributed by atoms with Crippen LogP contribution in [0.1, 0.15) is 11.1 Å². The second-order valence-corrected chi connectivity index (χ2v) is 5.61. The standard InChI is InChI=1S/C18H23ClN4O.HI/c1-20-18(21-11-9-14-7-8-17(19)23-13-14)22-12-10-15-5-3-4-6-16(15)24-2;/h3-8,13H,9-12H2,1-2H3,(H2,20,21,22);1H. The minimum atomic E-state index is 0. The van der Waals surface area contributed by atoms with Gasteiger partial charge in [0.2, 0.25) is 0 Å². The maximum atomic E-state index is 5.78. The fourth-order valence-corrected chi connectivity index (χ4v) is 2.44. The van der Waals surface area contributed by atoms with Crippen molar-refractivity contribution in [2.75, 3.05) is 27.2 Å². The minimum absolute atomic E-state index is 0. The summed E-state index contributed by atoms with van der Waals surface area (Å²) in [6, 6.07) is 11.8. The van der Waals surface area contributed by atoms with Crippen molar-refractivity contribution in [2.45, 2.75) is 12.8 Å². The second-order valence-electron chi connectivity index (χ2n) is 5.23. The van der Waals surface area contributed by atoms with Crippen LogP contribution in [0.3, 0.4) is 0 Å². The molecular formula is C18H24ClIN4O. The number of para-hydroxylation sites is 1. The third-order valence-corrected chi connectivity index (χ3v) is 3.82. The Morgan fingerprint density at radius 2 is 1.84 bits per heavy atom. The molecule has 1 aromatic carbocycles. The summed E-state index contributed by atoms with van der Waals surface area (Å²) in [5.74, 6) is 1.70. The minimum Gasteiger partial charge on any atom is -0.496 e. The number of guanidine groups is 1. The van der Waals surface area contributed by atoms with Crippen molar-refractivity contribution in [3.8, 4) is 5.75 Å². The third-order valence-electron chi connectivity index (χ3n) is 3.60. The lowest BCUT2D eigenvalue weighted by Crippen LogP contribution is -2.39. The molecule has 0 amide bonds. The predicted octanol–water partition coefficient (Wildman–Crippen LogP) is 3.31. The number of hydrogen-bond donors (Lipinski definition) is 2. The van der Waals surface area contributed by atoms with Crippen LogP contribution in [0.25, 0.3) is 0 Å². The van der Waals surface area contributed by atoms with Gasteiger partial charge < -0.3 is 15.4 Å². The fraction of sp³-hybridized carbons (Fsp3) is 0.333. The van der Waals surface area contributed by atoms with Gasteiger partial charge in [-0.15, -0.1) is 24.0 Å². The molecule has 0 aliphatic carbocycles. The molecule has 0 aliphatic rings. The molecule has 0 fully saturated rings. The lowest BCUT2D eigenvalue weighted by atomic mass is 10.1. The first-order valence-electron chi connectivity index (χ1n) is 7.89. The van der Waals surface area contributed by atoms with Crippen LogP contribution in [0.4, 0.5) is 0 Å². The van der Waals surface area contributed by atoms with Gasteiger partial charge in [-0.3, -0.25) is 4.99 Å². The highest BCUT2D eigenvalue weighted by Crippen LogP contribution is 2.17. The van der Waals surface area contributed by atoms with E-state index in [4.69, 9.17) is 16.3 Å². The maximum absolute atomic E-state index is 5.78. The first-order valence-corrected chi connectivity index (χ1v) is 8.27. The number of aliphatic imine (C=N–C) groups is 1. The van der Waals surface area contributed by atoms with Crippen LogP contribution in [0.15, 0.2) is 47.6 Å². The molecule has 136 valence electrons. The van der Waals surface area contributed by atoms with Gasteiger partial charge in [0, 0.05) is 26.3 Å². The van der Waals surface area contributed by atoms with Crippen molar-refractivity contribution < 1.29 is 4.74 Å². The molecule has 0 atom stereocenters. The number of aromatic nitrogens is 1. The Hall–Kier alpha value is -1.54. The summed E-state index contributed by atoms with van der Waals surface area (Å²) in [5.41, 5.74) is 2.31. The van der Waals surface area contributed by atoms with E-state index in [0.29, 0.717) is 5.15 Å². The first kappa shape index (κ1) is 21.5. The molecule has 5 nitrogen and oxygen atoms in total. The first-order chi connectivity index (χ1) is 11.7. The number of halogens is 2. The molecule has 0 radical (unpaired) electrons. The molecule has 2 aromatic rings. The highest BCUT2D eigenvalue weighted by atomic mass is 127. The van der Waals surface area contributed by atoms with E-state index >= 15 is 0 Å². The summed E-state index contributed by atoms with van der Waals surface area (Å²) >= 11 is 5.78. The average molecular weight is 475 g/mol. The van der Waals surface area contributed by atoms with Gasteiger partial charge >= 0.3 is 0 Å². The maximum Gasteiger partial charge on any atom is 0.190 e. The molecule has 0 aliphatic heterocycles. The molecule has 25 heavy (non-hydrogen) atoms. The summed E-state index contributed by atoms with van der Waals surface area (Å²) in [4.78, 5) is 8.31. The summed E-state index contributed by atoms with van der Waals surface area (Å²) in [6.07, 6.45) is 3.52. The van der Waals surface area contributed by atoms with Crippen LogP contribution in [0, 0.1) is 0 Å². The van der Waals surface area contributed by atoms with Crippen LogP contribution >= 0.6 is 35.6 Å². The normalized spacial score (nSPS) is 10.8. The molecule has 0 spiro atoms. The van der Waals surface area contributed by atoms with Gasteiger partial charge in [-0.2, -0.15) is 0 Å². The van der Waals surface area contributed by atoms with Crippen molar-refractivity contribution in [2.24, 2.45) is 4.99 Å². The zero-order chi connectivity index (χ0) is 17.2. The summed E-state index contributed by atoms with van der Waals surface area (Å²) < 4.78 is 5.36. The lowest BCUT2D eigenvalue weighted by Gasteiger charge is -2.13. The van der Waals surface area contributed by atoms with E-state index in [1.54, 1.807) is 26.4 Å². The predicted molar refractivity (Wildman–Crippen MR) is 114 cm³/mol. The molecule has 7 heteroatoms. The van der Waals surface area contributed by atoms with Gasteiger partial charge in [0.25, 0.3) is 0 Å². The van der Waals surface area contributed by atoms with E-state index in [9.17, 15) is 0 Å². The molecule has 2 rings (SSSR count). The zero-order valence-electron chi connectivity index (χ0n) is 14.5. The molecular weight excluding hydrogens is 451 g/mol. The summed E-state index contributed by atoms with van der Waals surface area (Å²) in [5, 5.41) is 7.12. The Morgan fingerprint density at radius 3 is 2.48 bits per heavy atom. The van der Waals surface area contributed by atoms with Crippen LogP contribution in [0.5, 0.6) is 5.75 Å². The van der Waals surface area contributed by atoms with E-state index in [2.05, 4.69) is 26.7 Å². The van der Waals surface area contributed by atoms with E-state index < -0.39 is 0 Å². The Labute approximate surface area is 171 Å². The van der Waals surface area contributed by atoms with Gasteiger partial charge in [-0.1, -0.05) is 35.9 Å². The van der Waals surface area contributed by atoms with E-state index in [0.717, 1.165) is 43.2 Å². The van der Waals surface area contributed by atoms with Gasteiger partial charge in [-0.05, 0) is 36.1 Å². The number of rotatable bonds is 7. The van der Waals surface area contributed by atoms with Crippen LogP contribution in [0.2, 0.25) is 5.15 Å². The van der Waals surface area contributed by atoms with Crippen LogP contribution in [-0.4, -0.2) is 38.2 Å². The Balaban J connectivity index is 0.00000312. The number of nitrogens with one attached hydrogen (secondary N) is 2. The molecule has 1 heterocycles. The highest BCUT2D eigenvalue weighted by Gasteiger charge is 2.03. The van der Waals surface area contributed by atoms with Crippen molar-refractivity contribution >= 4 is 41.5 Å². The van der Waals surface area contributed by atoms with Gasteiger partial charge in [-0.25, -0.2) is 4.98 Å². The molecule has 0 unspecified atom stereocenters. The molecule has 2 N–H and O–H groups in total. The van der Waals surface area contributed by atoms with Gasteiger partial charge in [0.15, 0.2) is 5.96 Å². The Bertz CT molecular complexity index is 664. The fourth-order valence-electron chi connectivity index (χ4n) is 2.33. The largest absolute Gasteiger partial charge is 0.496 e. The Morgan fingerprint density at radius 1 is 1.12 bits per heavy atom. The van der Waals surface area contributed by atoms with E-state index in [1.165, 1.54) is 5.56 Å². The van der Waals surface area contributed by atoms with Gasteiger partial charge in [0.1, 0.15) is 10.9 Å². The smallest absolute Gasteiger partial charge is 0.190 e. The lowest BCUT2D eigenvalue weighted by molar-refractivity contribution is 0.409. The Kier molecular flexibility index (Phi) is 10.3. The molecule has 0 bridgehead atoms. The molecule has 0 saturated heterocycles. The molecule has 0 saturated carbocycles. The van der Waals surface area contributed by atoms with Crippen LogP contribution < -0.4 is 15.4 Å². The zero-order valence-corrected chi connectivity index (χ0v) is 17.5. The quantitative estimate of drug-likeness (QED) is 0.280. The van der Waals surface area contributed by atoms with Crippen molar-refractivity contribution in [1.82, 2.24) is 15.6 Å². The van der Waals surface area contributed by atoms with Crippen molar-refractivity contribution in [3.05, 3.63) is 58.9 Å². The van der Waals surface area contributed by atoms with Crippen molar-refractivity contribution in [3.63, 3.8) is 0 Å². The number of pyridine rings is 1. The number of benzene rings is 1. The second kappa shape index (κ2) is 11.9. The SMILES string of the molecule is CN=C(NCCc1ccc(Cl)nc1)NCCc1ccccc1OC.I. The highest BCUT2D eigenvalue weighted by molar-refractivity contribution is 14.0. The molecule has 1 aromatic heterocycles. The average Bonchev–Trinajstić information content (AvgIpc) is 2.62. The number of methoxy groups -OCH3 is 1. The number of nitrogens with zero attached hydrogens (tertiary/aromatic N) is 2. The van der Waals surface area contributed by atoms with E-state index in [-0.39, 0.29) is 24.0 Å². The van der Waals surface area contributed by atoms with Crippen molar-refractivity contribution in [1.29, 1.82) is 0 Å². The summed E-state index contributed by atoms with van der Waals surface area (Å²) in [6.45, 7) is 1.56. The summed E-state index contributed by atoms with van der Waals surface area (Å²) in [7, 11) is 3.46. The van der Waals surface area contributed by atoms with E-state index in [1.807, 2.05) is 24.3 Å². The van der Waals surface area contributed by atoms with Gasteiger partial charge in [0.05, 0.1) is 7.11 Å². The number of hydrogen-bond acceptors (Lipinski definition) is 3. The number of ether oxygens (including phenoxy) is 1. The topological polar surface area (TPSA) is 58.5 Å².